The third kappa shape index (κ3) is 2.85. The number of hydrogen-bond donors (Lipinski definition) is 0. The summed E-state index contributed by atoms with van der Waals surface area (Å²) in [6, 6.07) is 1.31. The lowest BCUT2D eigenvalue weighted by molar-refractivity contribution is -0.137. The molecular weight excluding hydrogens is 302 g/mol. The molecule has 3 heterocycles. The summed E-state index contributed by atoms with van der Waals surface area (Å²) in [5.74, 6) is 0.381. The number of rotatable bonds is 3. The summed E-state index contributed by atoms with van der Waals surface area (Å²) in [4.78, 5) is 32.2. The summed E-state index contributed by atoms with van der Waals surface area (Å²) in [5, 5.41) is 0. The Labute approximate surface area is 145 Å². The average Bonchev–Trinajstić information content (AvgIpc) is 3.33. The first-order valence-electron chi connectivity index (χ1n) is 9.95. The molecule has 2 amide bonds. The first kappa shape index (κ1) is 16.4. The Kier molecular flexibility index (Phi) is 4.54. The summed E-state index contributed by atoms with van der Waals surface area (Å²) in [6.45, 7) is 2.72. The second kappa shape index (κ2) is 6.66. The molecule has 0 aromatic rings. The number of likely N-dealkylation sites (tertiary alicyclic amines) is 3. The van der Waals surface area contributed by atoms with Crippen LogP contribution >= 0.6 is 0 Å². The highest BCUT2D eigenvalue weighted by Gasteiger charge is 2.44. The second-order valence-corrected chi connectivity index (χ2v) is 8.32. The highest BCUT2D eigenvalue weighted by atomic mass is 16.2. The molecule has 24 heavy (non-hydrogen) atoms. The first-order valence-corrected chi connectivity index (χ1v) is 9.95. The number of amides is 2. The number of carbonyl (C=O) groups excluding carboxylic acids is 2. The third-order valence-corrected chi connectivity index (χ3v) is 6.88. The monoisotopic (exact) mass is 333 g/mol. The van der Waals surface area contributed by atoms with Gasteiger partial charge in [-0.3, -0.25) is 9.59 Å². The smallest absolute Gasteiger partial charge is 0.228 e. The minimum Gasteiger partial charge on any atom is -0.339 e. The molecule has 5 nitrogen and oxygen atoms in total. The molecule has 1 saturated carbocycles. The van der Waals surface area contributed by atoms with Crippen molar-refractivity contribution in [3.05, 3.63) is 0 Å². The third-order valence-electron chi connectivity index (χ3n) is 6.88. The fraction of sp³-hybridized carbons (Fsp3) is 0.895. The van der Waals surface area contributed by atoms with Crippen molar-refractivity contribution in [2.24, 2.45) is 5.92 Å². The van der Waals surface area contributed by atoms with E-state index < -0.39 is 0 Å². The van der Waals surface area contributed by atoms with Crippen LogP contribution in [-0.4, -0.2) is 71.3 Å². The molecule has 3 aliphatic heterocycles. The normalized spacial score (nSPS) is 35.5. The molecule has 0 aromatic heterocycles. The van der Waals surface area contributed by atoms with E-state index in [0.717, 1.165) is 38.8 Å². The van der Waals surface area contributed by atoms with Crippen LogP contribution in [0.5, 0.6) is 0 Å². The van der Waals surface area contributed by atoms with E-state index in [2.05, 4.69) is 16.8 Å². The van der Waals surface area contributed by atoms with Crippen molar-refractivity contribution in [3.63, 3.8) is 0 Å². The predicted molar refractivity (Wildman–Crippen MR) is 92.5 cm³/mol. The van der Waals surface area contributed by atoms with Gasteiger partial charge in [-0.25, -0.2) is 0 Å². The topological polar surface area (TPSA) is 43.9 Å². The van der Waals surface area contributed by atoms with Gasteiger partial charge in [-0.1, -0.05) is 12.8 Å². The fourth-order valence-electron chi connectivity index (χ4n) is 5.59. The van der Waals surface area contributed by atoms with Gasteiger partial charge in [0.25, 0.3) is 0 Å². The molecule has 1 aliphatic carbocycles. The number of carbonyl (C=O) groups is 2. The van der Waals surface area contributed by atoms with Gasteiger partial charge in [0.15, 0.2) is 0 Å². The van der Waals surface area contributed by atoms with Crippen LogP contribution in [0.4, 0.5) is 0 Å². The van der Waals surface area contributed by atoms with Crippen molar-refractivity contribution in [1.82, 2.24) is 14.7 Å². The van der Waals surface area contributed by atoms with Crippen LogP contribution in [0.3, 0.4) is 0 Å². The Bertz CT molecular complexity index is 503. The molecule has 0 spiro atoms. The SMILES string of the molecule is CN1CCC[C@@H]1[C@H]1CCCN1C(=O)[C@@H]1CC(=O)N(C2CCCC2)C1. The fourth-order valence-corrected chi connectivity index (χ4v) is 5.59. The predicted octanol–water partition coefficient (Wildman–Crippen LogP) is 1.86. The summed E-state index contributed by atoms with van der Waals surface area (Å²) in [7, 11) is 2.19. The molecular formula is C19H31N3O2. The lowest BCUT2D eigenvalue weighted by Crippen LogP contribution is -2.49. The Morgan fingerprint density at radius 3 is 2.38 bits per heavy atom. The van der Waals surface area contributed by atoms with E-state index >= 15 is 0 Å². The van der Waals surface area contributed by atoms with E-state index in [9.17, 15) is 9.59 Å². The van der Waals surface area contributed by atoms with Gasteiger partial charge >= 0.3 is 0 Å². The van der Waals surface area contributed by atoms with Crippen molar-refractivity contribution in [2.75, 3.05) is 26.7 Å². The Hall–Kier alpha value is -1.10. The highest BCUT2D eigenvalue weighted by molar-refractivity contribution is 5.89. The van der Waals surface area contributed by atoms with Crippen molar-refractivity contribution >= 4 is 11.8 Å². The molecule has 4 fully saturated rings. The van der Waals surface area contributed by atoms with E-state index in [1.807, 2.05) is 4.90 Å². The quantitative estimate of drug-likeness (QED) is 0.792. The lowest BCUT2D eigenvalue weighted by atomic mass is 10.0. The van der Waals surface area contributed by atoms with Crippen LogP contribution in [0, 0.1) is 5.92 Å². The molecule has 3 saturated heterocycles. The molecule has 5 heteroatoms. The van der Waals surface area contributed by atoms with E-state index in [1.165, 1.54) is 25.7 Å². The van der Waals surface area contributed by atoms with Crippen molar-refractivity contribution in [1.29, 1.82) is 0 Å². The largest absolute Gasteiger partial charge is 0.339 e. The van der Waals surface area contributed by atoms with Crippen LogP contribution in [0.2, 0.25) is 0 Å². The zero-order valence-electron chi connectivity index (χ0n) is 15.0. The molecule has 4 rings (SSSR count). The average molecular weight is 333 g/mol. The zero-order valence-corrected chi connectivity index (χ0v) is 15.0. The number of likely N-dealkylation sites (N-methyl/N-ethyl adjacent to an activating group) is 1. The molecule has 134 valence electrons. The van der Waals surface area contributed by atoms with E-state index in [0.29, 0.717) is 31.1 Å². The Balaban J connectivity index is 1.42. The Morgan fingerprint density at radius 1 is 0.958 bits per heavy atom. The van der Waals surface area contributed by atoms with Crippen LogP contribution in [-0.2, 0) is 9.59 Å². The lowest BCUT2D eigenvalue weighted by Gasteiger charge is -2.34. The molecule has 3 atom stereocenters. The summed E-state index contributed by atoms with van der Waals surface area (Å²) < 4.78 is 0. The highest BCUT2D eigenvalue weighted by Crippen LogP contribution is 2.34. The molecule has 0 bridgehead atoms. The Morgan fingerprint density at radius 2 is 1.67 bits per heavy atom. The van der Waals surface area contributed by atoms with Crippen LogP contribution in [0.1, 0.15) is 57.8 Å². The minimum atomic E-state index is -0.0922. The molecule has 4 aliphatic rings. The van der Waals surface area contributed by atoms with Gasteiger partial charge in [0.2, 0.25) is 11.8 Å². The maximum atomic E-state index is 13.2. The van der Waals surface area contributed by atoms with E-state index in [-0.39, 0.29) is 17.7 Å². The summed E-state index contributed by atoms with van der Waals surface area (Å²) in [6.07, 6.45) is 9.88. The molecule has 0 N–H and O–H groups in total. The second-order valence-electron chi connectivity index (χ2n) is 8.32. The maximum Gasteiger partial charge on any atom is 0.228 e. The maximum absolute atomic E-state index is 13.2. The summed E-state index contributed by atoms with van der Waals surface area (Å²) in [5.41, 5.74) is 0. The van der Waals surface area contributed by atoms with Gasteiger partial charge in [-0.15, -0.1) is 0 Å². The van der Waals surface area contributed by atoms with E-state index in [1.54, 1.807) is 0 Å². The van der Waals surface area contributed by atoms with Gasteiger partial charge in [0.1, 0.15) is 0 Å². The first-order chi connectivity index (χ1) is 11.6. The standard InChI is InChI=1S/C19H31N3O2/c1-20-10-4-8-16(20)17-9-5-11-21(17)19(24)14-12-18(23)22(13-14)15-6-2-3-7-15/h14-17H,2-13H2,1H3/t14-,16-,17-/m1/s1. The van der Waals surface area contributed by atoms with E-state index in [4.69, 9.17) is 0 Å². The van der Waals surface area contributed by atoms with Gasteiger partial charge < -0.3 is 14.7 Å². The van der Waals surface area contributed by atoms with Crippen LogP contribution < -0.4 is 0 Å². The zero-order chi connectivity index (χ0) is 16.7. The molecule has 0 unspecified atom stereocenters. The molecule has 0 aromatic carbocycles. The number of nitrogens with zero attached hydrogens (tertiary/aromatic N) is 3. The van der Waals surface area contributed by atoms with Crippen LogP contribution in [0.15, 0.2) is 0 Å². The van der Waals surface area contributed by atoms with Crippen LogP contribution in [0.25, 0.3) is 0 Å². The van der Waals surface area contributed by atoms with Gasteiger partial charge in [0, 0.05) is 37.6 Å². The van der Waals surface area contributed by atoms with Gasteiger partial charge in [0.05, 0.1) is 5.92 Å². The van der Waals surface area contributed by atoms with Crippen molar-refractivity contribution < 1.29 is 9.59 Å². The minimum absolute atomic E-state index is 0.0922. The summed E-state index contributed by atoms with van der Waals surface area (Å²) >= 11 is 0. The molecule has 0 radical (unpaired) electrons. The van der Waals surface area contributed by atoms with Crippen molar-refractivity contribution in [3.8, 4) is 0 Å². The van der Waals surface area contributed by atoms with Gasteiger partial charge in [-0.2, -0.15) is 0 Å². The van der Waals surface area contributed by atoms with Gasteiger partial charge in [-0.05, 0) is 52.1 Å². The van der Waals surface area contributed by atoms with Crippen molar-refractivity contribution in [2.45, 2.75) is 75.9 Å². The number of hydrogen-bond acceptors (Lipinski definition) is 3.